The van der Waals surface area contributed by atoms with Crippen molar-refractivity contribution in [1.29, 1.82) is 0 Å². The Bertz CT molecular complexity index is 848. The molecular weight excluding hydrogens is 408 g/mol. The Balaban J connectivity index is 1.74. The molecule has 0 aromatic heterocycles. The minimum absolute atomic E-state index is 0.00411. The third-order valence-corrected chi connectivity index (χ3v) is 5.37. The topological polar surface area (TPSA) is 85.4 Å². The summed E-state index contributed by atoms with van der Waals surface area (Å²) in [6.45, 7) is 7.81. The van der Waals surface area contributed by atoms with E-state index in [4.69, 9.17) is 14.2 Å². The van der Waals surface area contributed by atoms with E-state index in [-0.39, 0.29) is 23.5 Å². The van der Waals surface area contributed by atoms with Crippen LogP contribution in [-0.4, -0.2) is 72.4 Å². The third-order valence-electron chi connectivity index (χ3n) is 4.46. The highest BCUT2D eigenvalue weighted by Crippen LogP contribution is 2.35. The van der Waals surface area contributed by atoms with Crippen molar-refractivity contribution in [3.63, 3.8) is 0 Å². The van der Waals surface area contributed by atoms with Crippen LogP contribution >= 0.6 is 11.8 Å². The Kier molecular flexibility index (Phi) is 7.38. The van der Waals surface area contributed by atoms with Gasteiger partial charge in [-0.3, -0.25) is 19.3 Å². The molecule has 0 unspecified atom stereocenters. The van der Waals surface area contributed by atoms with Gasteiger partial charge in [0.15, 0.2) is 11.5 Å². The zero-order valence-electron chi connectivity index (χ0n) is 17.4. The number of hydrogen-bond donors (Lipinski definition) is 0. The molecule has 2 saturated heterocycles. The SMILES string of the molecule is CCOc1cc(/C=C2\SC(=O)N(CC(=O)N3CCOCC3)C2=O)ccc1OC(C)C. The van der Waals surface area contributed by atoms with Crippen LogP contribution in [0.25, 0.3) is 6.08 Å². The monoisotopic (exact) mass is 434 g/mol. The number of rotatable bonds is 7. The summed E-state index contributed by atoms with van der Waals surface area (Å²) in [6, 6.07) is 5.35. The molecule has 0 atom stereocenters. The average molecular weight is 435 g/mol. The van der Waals surface area contributed by atoms with Crippen molar-refractivity contribution in [3.8, 4) is 11.5 Å². The third kappa shape index (κ3) is 5.34. The molecular formula is C21H26N2O6S. The number of amides is 3. The normalized spacial score (nSPS) is 18.5. The van der Waals surface area contributed by atoms with Crippen molar-refractivity contribution in [2.75, 3.05) is 39.5 Å². The predicted octanol–water partition coefficient (Wildman–Crippen LogP) is 2.77. The minimum Gasteiger partial charge on any atom is -0.490 e. The second-order valence-corrected chi connectivity index (χ2v) is 8.06. The highest BCUT2D eigenvalue weighted by atomic mass is 32.2. The van der Waals surface area contributed by atoms with Gasteiger partial charge in [0.1, 0.15) is 6.54 Å². The van der Waals surface area contributed by atoms with E-state index in [2.05, 4.69) is 0 Å². The van der Waals surface area contributed by atoms with Gasteiger partial charge in [-0.25, -0.2) is 0 Å². The number of thioether (sulfide) groups is 1. The second kappa shape index (κ2) is 9.99. The Morgan fingerprint density at radius 3 is 2.63 bits per heavy atom. The maximum atomic E-state index is 12.7. The second-order valence-electron chi connectivity index (χ2n) is 7.07. The van der Waals surface area contributed by atoms with Gasteiger partial charge in [0.05, 0.1) is 30.8 Å². The number of morpholine rings is 1. The van der Waals surface area contributed by atoms with Crippen LogP contribution < -0.4 is 9.47 Å². The first kappa shape index (κ1) is 22.2. The molecule has 9 heteroatoms. The quantitative estimate of drug-likeness (QED) is 0.610. The van der Waals surface area contributed by atoms with Gasteiger partial charge in [-0.05, 0) is 56.3 Å². The number of hydrogen-bond acceptors (Lipinski definition) is 7. The van der Waals surface area contributed by atoms with Crippen LogP contribution in [0.5, 0.6) is 11.5 Å². The van der Waals surface area contributed by atoms with Gasteiger partial charge in [0.25, 0.3) is 11.1 Å². The summed E-state index contributed by atoms with van der Waals surface area (Å²) < 4.78 is 16.6. The van der Waals surface area contributed by atoms with E-state index in [0.717, 1.165) is 16.7 Å². The Morgan fingerprint density at radius 1 is 1.23 bits per heavy atom. The van der Waals surface area contributed by atoms with E-state index in [1.165, 1.54) is 0 Å². The van der Waals surface area contributed by atoms with Crippen molar-refractivity contribution >= 4 is 34.9 Å². The first-order valence-corrected chi connectivity index (χ1v) is 10.7. The highest BCUT2D eigenvalue weighted by molar-refractivity contribution is 8.18. The molecule has 162 valence electrons. The summed E-state index contributed by atoms with van der Waals surface area (Å²) in [7, 11) is 0. The summed E-state index contributed by atoms with van der Waals surface area (Å²) in [5.41, 5.74) is 0.708. The fourth-order valence-corrected chi connectivity index (χ4v) is 3.91. The van der Waals surface area contributed by atoms with Crippen molar-refractivity contribution in [2.24, 2.45) is 0 Å². The molecule has 8 nitrogen and oxygen atoms in total. The van der Waals surface area contributed by atoms with Gasteiger partial charge in [0.2, 0.25) is 5.91 Å². The largest absolute Gasteiger partial charge is 0.490 e. The molecule has 3 rings (SSSR count). The van der Waals surface area contributed by atoms with Gasteiger partial charge in [0, 0.05) is 13.1 Å². The minimum atomic E-state index is -0.466. The van der Waals surface area contributed by atoms with Gasteiger partial charge >= 0.3 is 0 Å². The number of ether oxygens (including phenoxy) is 3. The van der Waals surface area contributed by atoms with E-state index >= 15 is 0 Å². The smallest absolute Gasteiger partial charge is 0.294 e. The molecule has 0 spiro atoms. The maximum Gasteiger partial charge on any atom is 0.294 e. The predicted molar refractivity (Wildman–Crippen MR) is 113 cm³/mol. The van der Waals surface area contributed by atoms with Crippen LogP contribution in [0, 0.1) is 0 Å². The van der Waals surface area contributed by atoms with Crippen LogP contribution in [-0.2, 0) is 14.3 Å². The molecule has 0 radical (unpaired) electrons. The molecule has 1 aromatic carbocycles. The van der Waals surface area contributed by atoms with Crippen molar-refractivity contribution in [3.05, 3.63) is 28.7 Å². The molecule has 2 heterocycles. The fraction of sp³-hybridized carbons (Fsp3) is 0.476. The highest BCUT2D eigenvalue weighted by Gasteiger charge is 2.37. The lowest BCUT2D eigenvalue weighted by Crippen LogP contribution is -2.46. The van der Waals surface area contributed by atoms with E-state index in [1.807, 2.05) is 20.8 Å². The van der Waals surface area contributed by atoms with E-state index in [9.17, 15) is 14.4 Å². The molecule has 0 N–H and O–H groups in total. The van der Waals surface area contributed by atoms with Crippen LogP contribution in [0.4, 0.5) is 4.79 Å². The first-order chi connectivity index (χ1) is 14.4. The molecule has 0 aliphatic carbocycles. The van der Waals surface area contributed by atoms with Crippen LogP contribution in [0.1, 0.15) is 26.3 Å². The molecule has 2 fully saturated rings. The van der Waals surface area contributed by atoms with Gasteiger partial charge in [-0.15, -0.1) is 0 Å². The van der Waals surface area contributed by atoms with Gasteiger partial charge in [-0.1, -0.05) is 6.07 Å². The number of carbonyl (C=O) groups is 3. The Labute approximate surface area is 180 Å². The molecule has 0 saturated carbocycles. The van der Waals surface area contributed by atoms with Crippen molar-refractivity contribution in [1.82, 2.24) is 9.80 Å². The zero-order valence-corrected chi connectivity index (χ0v) is 18.2. The fourth-order valence-electron chi connectivity index (χ4n) is 3.07. The molecule has 2 aliphatic rings. The lowest BCUT2D eigenvalue weighted by Gasteiger charge is -2.28. The number of nitrogens with zero attached hydrogens (tertiary/aromatic N) is 2. The maximum absolute atomic E-state index is 12.7. The van der Waals surface area contributed by atoms with E-state index in [1.54, 1.807) is 29.2 Å². The van der Waals surface area contributed by atoms with Crippen molar-refractivity contribution in [2.45, 2.75) is 26.9 Å². The average Bonchev–Trinajstić information content (AvgIpc) is 2.98. The van der Waals surface area contributed by atoms with Crippen molar-refractivity contribution < 1.29 is 28.6 Å². The van der Waals surface area contributed by atoms with Gasteiger partial charge in [-0.2, -0.15) is 0 Å². The standard InChI is InChI=1S/C21H26N2O6S/c1-4-28-17-11-15(5-6-16(17)29-14(2)3)12-18-20(25)23(21(26)30-18)13-19(24)22-7-9-27-10-8-22/h5-6,11-12,14H,4,7-10,13H2,1-3H3/b18-12-. The number of imide groups is 1. The summed E-state index contributed by atoms with van der Waals surface area (Å²) >= 11 is 0.830. The molecule has 2 aliphatic heterocycles. The zero-order chi connectivity index (χ0) is 21.7. The number of carbonyl (C=O) groups excluding carboxylic acids is 3. The summed E-state index contributed by atoms with van der Waals surface area (Å²) in [5.74, 6) is 0.470. The molecule has 30 heavy (non-hydrogen) atoms. The van der Waals surface area contributed by atoms with E-state index < -0.39 is 11.1 Å². The van der Waals surface area contributed by atoms with E-state index in [0.29, 0.717) is 50.0 Å². The Hall–Kier alpha value is -2.52. The molecule has 3 amide bonds. The number of benzene rings is 1. The lowest BCUT2D eigenvalue weighted by molar-refractivity contribution is -0.139. The van der Waals surface area contributed by atoms with Crippen LogP contribution in [0.3, 0.4) is 0 Å². The summed E-state index contributed by atoms with van der Waals surface area (Å²) in [4.78, 5) is 40.4. The molecule has 1 aromatic rings. The van der Waals surface area contributed by atoms with Gasteiger partial charge < -0.3 is 19.1 Å². The van der Waals surface area contributed by atoms with Crippen LogP contribution in [0.15, 0.2) is 23.1 Å². The van der Waals surface area contributed by atoms with Crippen LogP contribution in [0.2, 0.25) is 0 Å². The Morgan fingerprint density at radius 2 is 1.97 bits per heavy atom. The lowest BCUT2D eigenvalue weighted by atomic mass is 10.1. The molecule has 0 bridgehead atoms. The first-order valence-electron chi connectivity index (χ1n) is 9.93. The summed E-state index contributed by atoms with van der Waals surface area (Å²) in [6.07, 6.45) is 1.63. The summed E-state index contributed by atoms with van der Waals surface area (Å²) in [5, 5.41) is -0.447.